The second kappa shape index (κ2) is 8.25. The van der Waals surface area contributed by atoms with Crippen molar-refractivity contribution in [3.05, 3.63) is 42.5 Å². The van der Waals surface area contributed by atoms with Gasteiger partial charge in [0.2, 0.25) is 0 Å². The zero-order valence-electron chi connectivity index (χ0n) is 11.7. The van der Waals surface area contributed by atoms with Crippen LogP contribution in [0.4, 0.5) is 0 Å². The predicted molar refractivity (Wildman–Crippen MR) is 75.2 cm³/mol. The highest BCUT2D eigenvalue weighted by Gasteiger charge is 2.08. The molecule has 5 nitrogen and oxygen atoms in total. The summed E-state index contributed by atoms with van der Waals surface area (Å²) in [5.74, 6) is 0. The maximum Gasteiger partial charge on any atom is 0.265 e. The van der Waals surface area contributed by atoms with Gasteiger partial charge in [0, 0.05) is 0 Å². The highest BCUT2D eigenvalue weighted by molar-refractivity contribution is 7.44. The molecule has 108 valence electrons. The molecule has 1 atom stereocenters. The fourth-order valence-corrected chi connectivity index (χ4v) is 1.33. The number of phosphoric ester groups is 1. The number of nitrogens with zero attached hydrogens (tertiary/aromatic N) is 1. The van der Waals surface area contributed by atoms with E-state index in [4.69, 9.17) is 4.89 Å². The molecule has 0 aromatic heterocycles. The van der Waals surface area contributed by atoms with Crippen molar-refractivity contribution in [2.75, 3.05) is 34.3 Å². The number of hydrogen-bond acceptors (Lipinski definition) is 3. The Balaban J connectivity index is 0.000000356. The van der Waals surface area contributed by atoms with Gasteiger partial charge in [-0.3, -0.25) is 4.57 Å². The first-order valence-corrected chi connectivity index (χ1v) is 7.30. The van der Waals surface area contributed by atoms with Crippen LogP contribution in [0.25, 0.3) is 6.08 Å². The maximum atomic E-state index is 10.1. The molecule has 1 unspecified atom stereocenters. The smallest absolute Gasteiger partial charge is 0.265 e. The van der Waals surface area contributed by atoms with E-state index in [-0.39, 0.29) is 6.61 Å². The normalized spacial score (nSPS) is 13.9. The monoisotopic (exact) mass is 287 g/mol. The van der Waals surface area contributed by atoms with Crippen molar-refractivity contribution in [3.63, 3.8) is 0 Å². The Bertz CT molecular complexity index is 408. The van der Waals surface area contributed by atoms with Crippen LogP contribution in [0.1, 0.15) is 5.56 Å². The minimum atomic E-state index is -4.51. The molecule has 1 aromatic rings. The molecule has 0 saturated carbocycles. The van der Waals surface area contributed by atoms with Gasteiger partial charge < -0.3 is 18.8 Å². The number of phosphoric acid groups is 1. The number of quaternary nitrogens is 1. The summed E-state index contributed by atoms with van der Waals surface area (Å²) in [6.45, 7) is 4.18. The minimum absolute atomic E-state index is 0.0147. The summed E-state index contributed by atoms with van der Waals surface area (Å²) >= 11 is 0. The molecule has 1 rings (SSSR count). The molecule has 0 fully saturated rings. The average molecular weight is 287 g/mol. The van der Waals surface area contributed by atoms with Gasteiger partial charge in [0.1, 0.15) is 13.2 Å². The Morgan fingerprint density at radius 2 is 1.89 bits per heavy atom. The number of hydrogen-bond donors (Lipinski definition) is 1. The van der Waals surface area contributed by atoms with Crippen molar-refractivity contribution in [3.8, 4) is 0 Å². The number of rotatable bonds is 5. The summed E-state index contributed by atoms with van der Waals surface area (Å²) in [6.07, 6.45) is 1.83. The molecule has 0 saturated heterocycles. The molecule has 0 spiro atoms. The molecular weight excluding hydrogens is 265 g/mol. The first kappa shape index (κ1) is 18.0. The third kappa shape index (κ3) is 13.3. The van der Waals surface area contributed by atoms with E-state index in [1.54, 1.807) is 0 Å². The van der Waals surface area contributed by atoms with Crippen molar-refractivity contribution in [1.29, 1.82) is 0 Å². The number of likely N-dealkylation sites (N-methyl/N-ethyl adjacent to an activating group) is 1. The zero-order valence-corrected chi connectivity index (χ0v) is 12.5. The van der Waals surface area contributed by atoms with Gasteiger partial charge in [-0.1, -0.05) is 43.0 Å². The second-order valence-corrected chi connectivity index (χ2v) is 6.13. The van der Waals surface area contributed by atoms with E-state index in [0.717, 1.165) is 0 Å². The molecule has 0 bridgehead atoms. The van der Waals surface area contributed by atoms with Crippen LogP contribution in [0.3, 0.4) is 0 Å². The molecule has 0 heterocycles. The first-order chi connectivity index (χ1) is 8.64. The zero-order chi connectivity index (χ0) is 14.9. The van der Waals surface area contributed by atoms with Crippen LogP contribution in [0.2, 0.25) is 0 Å². The fourth-order valence-electron chi connectivity index (χ4n) is 1.02. The Labute approximate surface area is 115 Å². The fraction of sp³-hybridized carbons (Fsp3) is 0.385. The molecule has 0 amide bonds. The highest BCUT2D eigenvalue weighted by Crippen LogP contribution is 2.29. The van der Waals surface area contributed by atoms with Gasteiger partial charge in [0.05, 0.1) is 21.1 Å². The van der Waals surface area contributed by atoms with Gasteiger partial charge in [-0.05, 0) is 5.56 Å². The van der Waals surface area contributed by atoms with E-state index in [9.17, 15) is 9.46 Å². The van der Waals surface area contributed by atoms with Crippen LogP contribution in [-0.4, -0.2) is 43.7 Å². The van der Waals surface area contributed by atoms with Gasteiger partial charge in [-0.15, -0.1) is 0 Å². The topological polar surface area (TPSA) is 69.6 Å². The maximum absolute atomic E-state index is 10.1. The van der Waals surface area contributed by atoms with E-state index in [1.165, 1.54) is 5.56 Å². The molecule has 0 aliphatic carbocycles. The summed E-state index contributed by atoms with van der Waals surface area (Å²) in [6, 6.07) is 10.0. The molecule has 1 N–H and O–H groups in total. The SMILES string of the molecule is C=Cc1ccccc1.C[N+](C)(C)CCOP(=O)([O-])O. The Hall–Kier alpha value is -0.970. The van der Waals surface area contributed by atoms with E-state index in [0.29, 0.717) is 11.0 Å². The Kier molecular flexibility index (Phi) is 7.83. The van der Waals surface area contributed by atoms with Crippen molar-refractivity contribution in [2.24, 2.45) is 0 Å². The van der Waals surface area contributed by atoms with E-state index in [2.05, 4.69) is 11.1 Å². The van der Waals surface area contributed by atoms with Gasteiger partial charge in [-0.25, -0.2) is 0 Å². The second-order valence-electron chi connectivity index (χ2n) is 4.93. The lowest BCUT2D eigenvalue weighted by Gasteiger charge is -2.25. The van der Waals surface area contributed by atoms with Crippen molar-refractivity contribution < 1.29 is 23.4 Å². The van der Waals surface area contributed by atoms with Gasteiger partial charge in [-0.2, -0.15) is 0 Å². The molecule has 0 aliphatic rings. The van der Waals surface area contributed by atoms with Crippen LogP contribution in [0.15, 0.2) is 36.9 Å². The quantitative estimate of drug-likeness (QED) is 0.658. The van der Waals surface area contributed by atoms with E-state index >= 15 is 0 Å². The van der Waals surface area contributed by atoms with Crippen LogP contribution in [-0.2, 0) is 9.09 Å². The minimum Gasteiger partial charge on any atom is -0.756 e. The van der Waals surface area contributed by atoms with Gasteiger partial charge in [0.15, 0.2) is 0 Å². The van der Waals surface area contributed by atoms with Crippen molar-refractivity contribution >= 4 is 13.9 Å². The third-order valence-corrected chi connectivity index (χ3v) is 2.56. The molecule has 0 aliphatic heterocycles. The predicted octanol–water partition coefficient (Wildman–Crippen LogP) is 1.50. The average Bonchev–Trinajstić information content (AvgIpc) is 2.27. The summed E-state index contributed by atoms with van der Waals surface area (Å²) in [5.41, 5.74) is 1.17. The molecule has 6 heteroatoms. The van der Waals surface area contributed by atoms with Crippen molar-refractivity contribution in [1.82, 2.24) is 0 Å². The largest absolute Gasteiger partial charge is 0.756 e. The molecule has 0 radical (unpaired) electrons. The van der Waals surface area contributed by atoms with E-state index < -0.39 is 7.82 Å². The third-order valence-electron chi connectivity index (χ3n) is 2.05. The lowest BCUT2D eigenvalue weighted by molar-refractivity contribution is -0.870. The summed E-state index contributed by atoms with van der Waals surface area (Å²) in [7, 11) is 1.19. The molecule has 19 heavy (non-hydrogen) atoms. The standard InChI is InChI=1S/C8H8.C5H14NO4P/c1-2-8-6-4-3-5-7-8;1-6(2,3)4-5-10-11(7,8)9/h2-7H,1H2;4-5H2,1-3H3,(H-,7,8,9). The Morgan fingerprint density at radius 1 is 1.37 bits per heavy atom. The van der Waals surface area contributed by atoms with Gasteiger partial charge in [0.25, 0.3) is 7.82 Å². The number of benzene rings is 1. The summed E-state index contributed by atoms with van der Waals surface area (Å²) in [5, 5.41) is 0. The van der Waals surface area contributed by atoms with E-state index in [1.807, 2.05) is 57.6 Å². The van der Waals surface area contributed by atoms with Crippen LogP contribution >= 0.6 is 7.82 Å². The molecule has 1 aromatic carbocycles. The molecular formula is C13H22NO4P. The van der Waals surface area contributed by atoms with Crippen molar-refractivity contribution in [2.45, 2.75) is 0 Å². The van der Waals surface area contributed by atoms with Crippen LogP contribution < -0.4 is 4.89 Å². The van der Waals surface area contributed by atoms with Crippen LogP contribution in [0.5, 0.6) is 0 Å². The summed E-state index contributed by atoms with van der Waals surface area (Å²) < 4.78 is 14.8. The highest BCUT2D eigenvalue weighted by atomic mass is 31.2. The summed E-state index contributed by atoms with van der Waals surface area (Å²) in [4.78, 5) is 18.3. The lowest BCUT2D eigenvalue weighted by atomic mass is 10.2. The first-order valence-electron chi connectivity index (χ1n) is 5.80. The lowest BCUT2D eigenvalue weighted by Crippen LogP contribution is -2.37. The Morgan fingerprint density at radius 3 is 2.21 bits per heavy atom. The van der Waals surface area contributed by atoms with Gasteiger partial charge >= 0.3 is 0 Å². The van der Waals surface area contributed by atoms with Crippen LogP contribution in [0, 0.1) is 0 Å².